The maximum absolute atomic E-state index is 5.41. The van der Waals surface area contributed by atoms with Crippen LogP contribution in [-0.4, -0.2) is 23.5 Å². The lowest BCUT2D eigenvalue weighted by Gasteiger charge is -2.29. The molecule has 112 valence electrons. The number of fused-ring (bicyclic) bond motifs is 1. The van der Waals surface area contributed by atoms with Gasteiger partial charge in [0, 0.05) is 31.5 Å². The monoisotopic (exact) mass is 285 g/mol. The highest BCUT2D eigenvalue weighted by molar-refractivity contribution is 5.26. The van der Waals surface area contributed by atoms with Gasteiger partial charge in [0.1, 0.15) is 0 Å². The fourth-order valence-corrected chi connectivity index (χ4v) is 3.21. The third-order valence-electron chi connectivity index (χ3n) is 4.31. The zero-order valence-electron chi connectivity index (χ0n) is 12.7. The van der Waals surface area contributed by atoms with E-state index in [4.69, 9.17) is 4.74 Å². The molecule has 0 radical (unpaired) electrons. The predicted octanol–water partition coefficient (Wildman–Crippen LogP) is 2.77. The quantitative estimate of drug-likeness (QED) is 0.918. The second-order valence-corrected chi connectivity index (χ2v) is 5.70. The topological polar surface area (TPSA) is 39.1 Å². The molecule has 0 saturated heterocycles. The van der Waals surface area contributed by atoms with E-state index in [9.17, 15) is 0 Å². The molecule has 2 atom stereocenters. The molecule has 0 saturated carbocycles. The number of aryl methyl sites for hydroxylation is 1. The van der Waals surface area contributed by atoms with Crippen LogP contribution >= 0.6 is 0 Å². The van der Waals surface area contributed by atoms with Crippen molar-refractivity contribution in [2.45, 2.75) is 31.3 Å². The third kappa shape index (κ3) is 3.01. The minimum absolute atomic E-state index is 0.215. The molecule has 4 heteroatoms. The van der Waals surface area contributed by atoms with E-state index in [-0.39, 0.29) is 6.04 Å². The molecule has 0 fully saturated rings. The van der Waals surface area contributed by atoms with Gasteiger partial charge in [0.05, 0.1) is 18.8 Å². The first kappa shape index (κ1) is 14.3. The van der Waals surface area contributed by atoms with Crippen molar-refractivity contribution in [2.75, 3.05) is 13.7 Å². The van der Waals surface area contributed by atoms with Crippen molar-refractivity contribution in [3.8, 4) is 0 Å². The Balaban J connectivity index is 1.81. The number of rotatable bonds is 5. The Kier molecular flexibility index (Phi) is 4.36. The smallest absolute Gasteiger partial charge is 0.0657 e. The summed E-state index contributed by atoms with van der Waals surface area (Å²) in [6.45, 7) is 0.677. The maximum atomic E-state index is 5.41. The molecule has 0 bridgehead atoms. The lowest BCUT2D eigenvalue weighted by atomic mass is 9.91. The molecule has 1 aliphatic carbocycles. The normalized spacial score (nSPS) is 19.2. The SMILES string of the molecule is COCC(NC1CCCc2c1cnn2C)c1ccccc1. The number of methoxy groups -OCH3 is 1. The Morgan fingerprint density at radius 1 is 1.38 bits per heavy atom. The number of benzene rings is 1. The van der Waals surface area contributed by atoms with Crippen molar-refractivity contribution in [3.05, 3.63) is 53.3 Å². The van der Waals surface area contributed by atoms with Gasteiger partial charge in [-0.3, -0.25) is 4.68 Å². The van der Waals surface area contributed by atoms with Crippen LogP contribution in [0, 0.1) is 0 Å². The van der Waals surface area contributed by atoms with Crippen molar-refractivity contribution >= 4 is 0 Å². The number of hydrogen-bond acceptors (Lipinski definition) is 3. The lowest BCUT2D eigenvalue weighted by molar-refractivity contribution is 0.159. The van der Waals surface area contributed by atoms with Crippen LogP contribution in [0.2, 0.25) is 0 Å². The largest absolute Gasteiger partial charge is 0.383 e. The van der Waals surface area contributed by atoms with E-state index in [0.717, 1.165) is 12.8 Å². The highest BCUT2D eigenvalue weighted by Crippen LogP contribution is 2.31. The summed E-state index contributed by atoms with van der Waals surface area (Å²) in [5.74, 6) is 0. The molecule has 2 unspecified atom stereocenters. The van der Waals surface area contributed by atoms with Gasteiger partial charge in [-0.05, 0) is 24.8 Å². The Morgan fingerprint density at radius 3 is 2.95 bits per heavy atom. The second-order valence-electron chi connectivity index (χ2n) is 5.70. The molecular weight excluding hydrogens is 262 g/mol. The number of aromatic nitrogens is 2. The molecular formula is C17H23N3O. The summed E-state index contributed by atoms with van der Waals surface area (Å²) in [6, 6.07) is 11.1. The van der Waals surface area contributed by atoms with Gasteiger partial charge < -0.3 is 10.1 Å². The number of hydrogen-bond donors (Lipinski definition) is 1. The van der Waals surface area contributed by atoms with Crippen LogP contribution in [-0.2, 0) is 18.2 Å². The van der Waals surface area contributed by atoms with Crippen LogP contribution in [0.5, 0.6) is 0 Å². The van der Waals surface area contributed by atoms with Crippen LogP contribution in [0.4, 0.5) is 0 Å². The Hall–Kier alpha value is -1.65. The van der Waals surface area contributed by atoms with Gasteiger partial charge in [-0.15, -0.1) is 0 Å². The molecule has 4 nitrogen and oxygen atoms in total. The molecule has 3 rings (SSSR count). The first-order chi connectivity index (χ1) is 10.3. The standard InChI is InChI=1S/C17H23N3O/c1-20-17-10-6-9-15(14(17)11-18-20)19-16(12-21-2)13-7-4-3-5-8-13/h3-5,7-8,11,15-16,19H,6,9-10,12H2,1-2H3. The molecule has 0 spiro atoms. The molecule has 2 aromatic rings. The molecule has 0 amide bonds. The van der Waals surface area contributed by atoms with E-state index in [1.54, 1.807) is 7.11 Å². The van der Waals surface area contributed by atoms with Crippen molar-refractivity contribution in [2.24, 2.45) is 7.05 Å². The van der Waals surface area contributed by atoms with E-state index < -0.39 is 0 Å². The van der Waals surface area contributed by atoms with Gasteiger partial charge >= 0.3 is 0 Å². The first-order valence-electron chi connectivity index (χ1n) is 7.60. The average Bonchev–Trinajstić information content (AvgIpc) is 2.90. The zero-order chi connectivity index (χ0) is 14.7. The van der Waals surface area contributed by atoms with E-state index in [1.165, 1.54) is 23.2 Å². The predicted molar refractivity (Wildman–Crippen MR) is 83.1 cm³/mol. The van der Waals surface area contributed by atoms with E-state index in [0.29, 0.717) is 12.6 Å². The van der Waals surface area contributed by atoms with Gasteiger partial charge in [-0.25, -0.2) is 0 Å². The summed E-state index contributed by atoms with van der Waals surface area (Å²) in [5, 5.41) is 8.18. The van der Waals surface area contributed by atoms with E-state index in [2.05, 4.69) is 34.7 Å². The third-order valence-corrected chi connectivity index (χ3v) is 4.31. The summed E-state index contributed by atoms with van der Waals surface area (Å²) in [5.41, 5.74) is 3.99. The van der Waals surface area contributed by atoms with Crippen molar-refractivity contribution < 1.29 is 4.74 Å². The van der Waals surface area contributed by atoms with Crippen molar-refractivity contribution in [1.29, 1.82) is 0 Å². The fourth-order valence-electron chi connectivity index (χ4n) is 3.21. The van der Waals surface area contributed by atoms with Gasteiger partial charge in [0.25, 0.3) is 0 Å². The minimum Gasteiger partial charge on any atom is -0.383 e. The zero-order valence-corrected chi connectivity index (χ0v) is 12.7. The molecule has 21 heavy (non-hydrogen) atoms. The highest BCUT2D eigenvalue weighted by atomic mass is 16.5. The van der Waals surface area contributed by atoms with Gasteiger partial charge in [-0.1, -0.05) is 30.3 Å². The lowest BCUT2D eigenvalue weighted by Crippen LogP contribution is -2.31. The fraction of sp³-hybridized carbons (Fsp3) is 0.471. The van der Waals surface area contributed by atoms with Crippen molar-refractivity contribution in [1.82, 2.24) is 15.1 Å². The maximum Gasteiger partial charge on any atom is 0.0657 e. The van der Waals surface area contributed by atoms with E-state index >= 15 is 0 Å². The molecule has 1 N–H and O–H groups in total. The minimum atomic E-state index is 0.215. The summed E-state index contributed by atoms with van der Waals surface area (Å²) < 4.78 is 7.42. The second kappa shape index (κ2) is 6.41. The molecule has 1 aliphatic rings. The number of ether oxygens (including phenoxy) is 1. The van der Waals surface area contributed by atoms with Gasteiger partial charge in [0.15, 0.2) is 0 Å². The van der Waals surface area contributed by atoms with Gasteiger partial charge in [-0.2, -0.15) is 5.10 Å². The van der Waals surface area contributed by atoms with Crippen LogP contribution < -0.4 is 5.32 Å². The first-order valence-corrected chi connectivity index (χ1v) is 7.60. The van der Waals surface area contributed by atoms with Gasteiger partial charge in [0.2, 0.25) is 0 Å². The Bertz CT molecular complexity index is 579. The van der Waals surface area contributed by atoms with Crippen LogP contribution in [0.25, 0.3) is 0 Å². The molecule has 1 heterocycles. The average molecular weight is 285 g/mol. The summed E-state index contributed by atoms with van der Waals surface area (Å²) in [7, 11) is 3.79. The van der Waals surface area contributed by atoms with Crippen LogP contribution in [0.1, 0.15) is 41.7 Å². The molecule has 1 aromatic carbocycles. The summed E-state index contributed by atoms with van der Waals surface area (Å²) in [4.78, 5) is 0. The van der Waals surface area contributed by atoms with Crippen LogP contribution in [0.3, 0.4) is 0 Å². The number of nitrogens with zero attached hydrogens (tertiary/aromatic N) is 2. The summed E-state index contributed by atoms with van der Waals surface area (Å²) >= 11 is 0. The molecule has 0 aliphatic heterocycles. The highest BCUT2D eigenvalue weighted by Gasteiger charge is 2.25. The van der Waals surface area contributed by atoms with Crippen molar-refractivity contribution in [3.63, 3.8) is 0 Å². The van der Waals surface area contributed by atoms with Crippen LogP contribution in [0.15, 0.2) is 36.5 Å². The molecule has 1 aromatic heterocycles. The Labute approximate surface area is 126 Å². The number of nitrogens with one attached hydrogen (secondary N) is 1. The van der Waals surface area contributed by atoms with E-state index in [1.807, 2.05) is 24.0 Å². The summed E-state index contributed by atoms with van der Waals surface area (Å²) in [6.07, 6.45) is 5.51. The Morgan fingerprint density at radius 2 is 2.19 bits per heavy atom.